The number of aliphatic hydroxyl groups excluding tert-OH is 1. The summed E-state index contributed by atoms with van der Waals surface area (Å²) in [5.74, 6) is -0.254. The Morgan fingerprint density at radius 2 is 1.90 bits per heavy atom. The number of carbonyl (C=O) groups is 1. The van der Waals surface area contributed by atoms with Crippen LogP contribution >= 0.6 is 0 Å². The zero-order valence-corrected chi connectivity index (χ0v) is 12.1. The Kier molecular flexibility index (Phi) is 6.35. The molecule has 0 bridgehead atoms. The highest BCUT2D eigenvalue weighted by Crippen LogP contribution is 2.15. The molecule has 7 nitrogen and oxygen atoms in total. The first-order valence-electron chi connectivity index (χ1n) is 6.01. The van der Waals surface area contributed by atoms with Gasteiger partial charge in [-0.2, -0.15) is 8.42 Å². The number of rotatable bonds is 7. The molecule has 0 saturated carbocycles. The molecular formula is C13H16O7S. The SMILES string of the molecule is CC=CC(=O)OCC(O)COc1ccc(S(=O)(=O)O)cc1. The van der Waals surface area contributed by atoms with Crippen molar-refractivity contribution in [2.45, 2.75) is 17.9 Å². The number of allylic oxidation sites excluding steroid dienone is 1. The largest absolute Gasteiger partial charge is 0.491 e. The van der Waals surface area contributed by atoms with Crippen molar-refractivity contribution in [1.29, 1.82) is 0 Å². The predicted molar refractivity (Wildman–Crippen MR) is 73.5 cm³/mol. The zero-order chi connectivity index (χ0) is 15.9. The van der Waals surface area contributed by atoms with Crippen molar-refractivity contribution in [2.24, 2.45) is 0 Å². The molecule has 21 heavy (non-hydrogen) atoms. The molecule has 1 aromatic carbocycles. The average molecular weight is 316 g/mol. The van der Waals surface area contributed by atoms with Crippen molar-refractivity contribution in [1.82, 2.24) is 0 Å². The summed E-state index contributed by atoms with van der Waals surface area (Å²) in [4.78, 5) is 10.8. The number of benzene rings is 1. The normalized spacial score (nSPS) is 13.1. The lowest BCUT2D eigenvalue weighted by Gasteiger charge is -2.12. The van der Waals surface area contributed by atoms with E-state index in [1.54, 1.807) is 6.92 Å². The standard InChI is InChI=1S/C13H16O7S/c1-2-3-13(15)20-9-10(14)8-19-11-4-6-12(7-5-11)21(16,17)18/h2-7,10,14H,8-9H2,1H3,(H,16,17,18). The summed E-state index contributed by atoms with van der Waals surface area (Å²) in [5, 5.41) is 9.55. The number of esters is 1. The Morgan fingerprint density at radius 3 is 2.43 bits per heavy atom. The smallest absolute Gasteiger partial charge is 0.330 e. The third-order valence-corrected chi connectivity index (χ3v) is 3.15. The molecular weight excluding hydrogens is 300 g/mol. The molecule has 0 spiro atoms. The summed E-state index contributed by atoms with van der Waals surface area (Å²) in [6.07, 6.45) is 1.73. The van der Waals surface area contributed by atoms with Crippen molar-refractivity contribution >= 4 is 16.1 Å². The Morgan fingerprint density at radius 1 is 1.29 bits per heavy atom. The predicted octanol–water partition coefficient (Wildman–Crippen LogP) is 0.792. The highest BCUT2D eigenvalue weighted by atomic mass is 32.2. The topological polar surface area (TPSA) is 110 Å². The monoisotopic (exact) mass is 316 g/mol. The molecule has 8 heteroatoms. The summed E-state index contributed by atoms with van der Waals surface area (Å²) in [5.41, 5.74) is 0. The second-order valence-electron chi connectivity index (χ2n) is 4.04. The van der Waals surface area contributed by atoms with Gasteiger partial charge in [0.25, 0.3) is 10.1 Å². The molecule has 2 N–H and O–H groups in total. The lowest BCUT2D eigenvalue weighted by atomic mass is 10.3. The molecule has 1 rings (SSSR count). The average Bonchev–Trinajstić information content (AvgIpc) is 2.43. The maximum Gasteiger partial charge on any atom is 0.330 e. The number of hydrogen-bond acceptors (Lipinski definition) is 6. The Labute approximate surface area is 122 Å². The van der Waals surface area contributed by atoms with E-state index in [-0.39, 0.29) is 18.1 Å². The van der Waals surface area contributed by atoms with Gasteiger partial charge in [-0.15, -0.1) is 0 Å². The van der Waals surface area contributed by atoms with Gasteiger partial charge in [-0.3, -0.25) is 4.55 Å². The van der Waals surface area contributed by atoms with E-state index in [9.17, 15) is 18.3 Å². The van der Waals surface area contributed by atoms with E-state index in [1.807, 2.05) is 0 Å². The first kappa shape index (κ1) is 17.2. The minimum atomic E-state index is -4.24. The lowest BCUT2D eigenvalue weighted by molar-refractivity contribution is -0.141. The van der Waals surface area contributed by atoms with Crippen LogP contribution in [-0.4, -0.2) is 43.4 Å². The molecule has 0 amide bonds. The fourth-order valence-corrected chi connectivity index (χ4v) is 1.79. The van der Waals surface area contributed by atoms with Crippen LogP contribution in [0.2, 0.25) is 0 Å². The van der Waals surface area contributed by atoms with Crippen molar-refractivity contribution < 1.29 is 32.3 Å². The second-order valence-corrected chi connectivity index (χ2v) is 5.46. The van der Waals surface area contributed by atoms with E-state index in [1.165, 1.54) is 36.4 Å². The van der Waals surface area contributed by atoms with Crippen molar-refractivity contribution in [3.63, 3.8) is 0 Å². The Balaban J connectivity index is 2.43. The van der Waals surface area contributed by atoms with Gasteiger partial charge in [-0.25, -0.2) is 4.79 Å². The molecule has 0 aliphatic rings. The third kappa shape index (κ3) is 6.39. The minimum Gasteiger partial charge on any atom is -0.491 e. The molecule has 116 valence electrons. The van der Waals surface area contributed by atoms with Crippen LogP contribution in [0.25, 0.3) is 0 Å². The van der Waals surface area contributed by atoms with Gasteiger partial charge in [-0.1, -0.05) is 6.08 Å². The van der Waals surface area contributed by atoms with E-state index in [2.05, 4.69) is 0 Å². The number of carbonyl (C=O) groups excluding carboxylic acids is 1. The quantitative estimate of drug-likeness (QED) is 0.435. The number of hydrogen-bond donors (Lipinski definition) is 2. The van der Waals surface area contributed by atoms with Crippen LogP contribution in [0, 0.1) is 0 Å². The van der Waals surface area contributed by atoms with Gasteiger partial charge in [0.2, 0.25) is 0 Å². The van der Waals surface area contributed by atoms with Gasteiger partial charge in [0.05, 0.1) is 4.90 Å². The molecule has 0 radical (unpaired) electrons. The summed E-state index contributed by atoms with van der Waals surface area (Å²) in [6.45, 7) is 1.32. The molecule has 0 fully saturated rings. The maximum absolute atomic E-state index is 11.0. The van der Waals surface area contributed by atoms with Crippen molar-refractivity contribution in [3.05, 3.63) is 36.4 Å². The van der Waals surface area contributed by atoms with Crippen LogP contribution in [0.1, 0.15) is 6.92 Å². The van der Waals surface area contributed by atoms with Gasteiger partial charge < -0.3 is 14.6 Å². The van der Waals surface area contributed by atoms with E-state index in [4.69, 9.17) is 14.0 Å². The highest BCUT2D eigenvalue weighted by Gasteiger charge is 2.10. The van der Waals surface area contributed by atoms with Gasteiger partial charge >= 0.3 is 5.97 Å². The van der Waals surface area contributed by atoms with Crippen LogP contribution in [0.3, 0.4) is 0 Å². The van der Waals surface area contributed by atoms with Crippen LogP contribution in [-0.2, 0) is 19.6 Å². The highest BCUT2D eigenvalue weighted by molar-refractivity contribution is 7.85. The first-order chi connectivity index (χ1) is 9.82. The Hall–Kier alpha value is -1.90. The molecule has 0 aromatic heterocycles. The lowest BCUT2D eigenvalue weighted by Crippen LogP contribution is -2.24. The van der Waals surface area contributed by atoms with Crippen LogP contribution in [0.5, 0.6) is 5.75 Å². The number of ether oxygens (including phenoxy) is 2. The van der Waals surface area contributed by atoms with Crippen molar-refractivity contribution in [3.8, 4) is 5.75 Å². The molecule has 1 atom stereocenters. The molecule has 1 unspecified atom stereocenters. The van der Waals surface area contributed by atoms with E-state index in [0.29, 0.717) is 5.75 Å². The van der Waals surface area contributed by atoms with E-state index < -0.39 is 22.2 Å². The summed E-state index contributed by atoms with van der Waals surface area (Å²) in [7, 11) is -4.24. The first-order valence-corrected chi connectivity index (χ1v) is 7.45. The van der Waals surface area contributed by atoms with Crippen LogP contribution < -0.4 is 4.74 Å². The molecule has 0 aliphatic heterocycles. The van der Waals surface area contributed by atoms with Gasteiger partial charge in [-0.05, 0) is 31.2 Å². The van der Waals surface area contributed by atoms with Gasteiger partial charge in [0.1, 0.15) is 25.1 Å². The van der Waals surface area contributed by atoms with Crippen LogP contribution in [0.4, 0.5) is 0 Å². The zero-order valence-electron chi connectivity index (χ0n) is 11.3. The van der Waals surface area contributed by atoms with Crippen LogP contribution in [0.15, 0.2) is 41.3 Å². The van der Waals surface area contributed by atoms with Gasteiger partial charge in [0, 0.05) is 6.08 Å². The third-order valence-electron chi connectivity index (χ3n) is 2.28. The van der Waals surface area contributed by atoms with Crippen molar-refractivity contribution in [2.75, 3.05) is 13.2 Å². The fraction of sp³-hybridized carbons (Fsp3) is 0.308. The van der Waals surface area contributed by atoms with E-state index in [0.717, 1.165) is 0 Å². The maximum atomic E-state index is 11.0. The summed E-state index contributed by atoms with van der Waals surface area (Å²) in [6, 6.07) is 5.01. The fourth-order valence-electron chi connectivity index (χ4n) is 1.31. The van der Waals surface area contributed by atoms with E-state index >= 15 is 0 Å². The second kappa shape index (κ2) is 7.77. The van der Waals surface area contributed by atoms with Gasteiger partial charge in [0.15, 0.2) is 0 Å². The Bertz CT molecular complexity index is 589. The summed E-state index contributed by atoms with van der Waals surface area (Å²) < 4.78 is 40.4. The minimum absolute atomic E-state index is 0.131. The number of aliphatic hydroxyl groups is 1. The molecule has 1 aromatic rings. The summed E-state index contributed by atoms with van der Waals surface area (Å²) >= 11 is 0. The molecule has 0 heterocycles. The molecule has 0 saturated heterocycles. The molecule has 0 aliphatic carbocycles.